The summed E-state index contributed by atoms with van der Waals surface area (Å²) in [7, 11) is 0. The van der Waals surface area contributed by atoms with Crippen molar-refractivity contribution in [3.8, 4) is 0 Å². The van der Waals surface area contributed by atoms with Gasteiger partial charge >= 0.3 is 0 Å². The Hall–Kier alpha value is 1.32. The van der Waals surface area contributed by atoms with Crippen LogP contribution >= 0.6 is 48.4 Å². The van der Waals surface area contributed by atoms with Crippen molar-refractivity contribution in [2.75, 3.05) is 20.0 Å². The van der Waals surface area contributed by atoms with Gasteiger partial charge in [0, 0.05) is 48.4 Å². The van der Waals surface area contributed by atoms with Gasteiger partial charge in [0.15, 0.2) is 0 Å². The van der Waals surface area contributed by atoms with Gasteiger partial charge in [0.25, 0.3) is 0 Å². The number of hydrogen-bond donors (Lipinski definition) is 0. The van der Waals surface area contributed by atoms with Gasteiger partial charge in [-0.05, 0) is 0 Å². The first-order valence-corrected chi connectivity index (χ1v) is 4.53. The molecule has 0 N–H and O–H groups in total. The zero-order valence-corrected chi connectivity index (χ0v) is 9.35. The van der Waals surface area contributed by atoms with Gasteiger partial charge in [-0.2, -0.15) is 0 Å². The van der Waals surface area contributed by atoms with Crippen LogP contribution < -0.4 is 0 Å². The lowest BCUT2D eigenvalue weighted by molar-refractivity contribution is 0.175. The van der Waals surface area contributed by atoms with E-state index in [4.69, 9.17) is 0 Å². The maximum atomic E-state index is 3.36. The minimum Gasteiger partial charge on any atom is -0.213 e. The molecule has 1 heterocycles. The average Bonchev–Trinajstić information content (AvgIpc) is 1.59. The normalized spacial score (nSPS) is 27.0. The second-order valence-corrected chi connectivity index (χ2v) is 4.82. The molecule has 0 radical (unpaired) electrons. The molecule has 0 amide bonds. The molecule has 0 bridgehead atoms. The van der Waals surface area contributed by atoms with Crippen molar-refractivity contribution in [3.63, 3.8) is 0 Å². The van der Waals surface area contributed by atoms with Gasteiger partial charge in [-0.15, -0.1) is 0 Å². The third-order valence-corrected chi connectivity index (χ3v) is 2.27. The fraction of sp³-hybridized carbons (Fsp3) is 1.00. The van der Waals surface area contributed by atoms with Crippen LogP contribution in [0.25, 0.3) is 0 Å². The number of rotatable bonds is 0. The van der Waals surface area contributed by atoms with Gasteiger partial charge in [-0.25, -0.2) is 11.8 Å². The first kappa shape index (κ1) is 8.42. The molecule has 3 nitrogen and oxygen atoms in total. The van der Waals surface area contributed by atoms with Crippen LogP contribution in [0.2, 0.25) is 0 Å². The average molecular weight is 324 g/mol. The molecule has 1 saturated heterocycles. The third-order valence-electron chi connectivity index (χ3n) is 0.921. The van der Waals surface area contributed by atoms with E-state index in [2.05, 4.69) is 48.4 Å². The number of hydrogen-bond acceptors (Lipinski definition) is 3. The van der Waals surface area contributed by atoms with Gasteiger partial charge in [-0.1, -0.05) is 0 Å². The molecule has 1 aliphatic heterocycles. The van der Waals surface area contributed by atoms with E-state index in [-0.39, 0.29) is 0 Å². The van der Waals surface area contributed by atoms with Crippen LogP contribution in [0, 0.1) is 0 Å². The van der Waals surface area contributed by atoms with Crippen LogP contribution in [-0.4, -0.2) is 31.8 Å². The van der Waals surface area contributed by atoms with Crippen LogP contribution in [0.15, 0.2) is 0 Å². The molecule has 0 spiro atoms. The van der Waals surface area contributed by atoms with E-state index in [9.17, 15) is 0 Å². The molecular formula is C3H6Br3N3. The van der Waals surface area contributed by atoms with E-state index >= 15 is 0 Å². The third kappa shape index (κ3) is 2.81. The second-order valence-electron chi connectivity index (χ2n) is 1.81. The summed E-state index contributed by atoms with van der Waals surface area (Å²) in [5.41, 5.74) is 0. The summed E-state index contributed by atoms with van der Waals surface area (Å²) in [4.78, 5) is 0. The molecule has 1 aliphatic rings. The molecule has 9 heavy (non-hydrogen) atoms. The SMILES string of the molecule is BrN1CN(Br)CN(Br)C1. The van der Waals surface area contributed by atoms with E-state index in [1.807, 2.05) is 11.8 Å². The van der Waals surface area contributed by atoms with E-state index in [1.54, 1.807) is 0 Å². The molecule has 1 rings (SSSR count). The van der Waals surface area contributed by atoms with Crippen molar-refractivity contribution in [1.29, 1.82) is 0 Å². The highest BCUT2D eigenvalue weighted by atomic mass is 79.9. The highest BCUT2D eigenvalue weighted by Crippen LogP contribution is 2.15. The zero-order valence-electron chi connectivity index (χ0n) is 4.60. The van der Waals surface area contributed by atoms with Gasteiger partial charge in [0.2, 0.25) is 0 Å². The first-order valence-electron chi connectivity index (χ1n) is 2.40. The predicted molar refractivity (Wildman–Crippen MR) is 46.9 cm³/mol. The van der Waals surface area contributed by atoms with Crippen LogP contribution in [0.1, 0.15) is 0 Å². The summed E-state index contributed by atoms with van der Waals surface area (Å²) in [6.45, 7) is 2.67. The van der Waals surface area contributed by atoms with Gasteiger partial charge < -0.3 is 0 Å². The van der Waals surface area contributed by atoms with E-state index in [1.165, 1.54) is 0 Å². The summed E-state index contributed by atoms with van der Waals surface area (Å²) in [6.07, 6.45) is 0. The van der Waals surface area contributed by atoms with Gasteiger partial charge in [0.1, 0.15) is 0 Å². The summed E-state index contributed by atoms with van der Waals surface area (Å²) in [6, 6.07) is 0. The minimum absolute atomic E-state index is 0.891. The van der Waals surface area contributed by atoms with E-state index in [0.717, 1.165) is 20.0 Å². The van der Waals surface area contributed by atoms with Gasteiger partial charge in [-0.3, -0.25) is 0 Å². The lowest BCUT2D eigenvalue weighted by Gasteiger charge is -2.31. The molecule has 0 saturated carbocycles. The monoisotopic (exact) mass is 321 g/mol. The summed E-state index contributed by atoms with van der Waals surface area (Å²) < 4.78 is 6.00. The quantitative estimate of drug-likeness (QED) is 0.628. The Bertz CT molecular complexity index is 75.3. The Balaban J connectivity index is 2.34. The maximum absolute atomic E-state index is 3.36. The Morgan fingerprint density at radius 1 is 0.667 bits per heavy atom. The van der Waals surface area contributed by atoms with Crippen molar-refractivity contribution >= 4 is 48.4 Å². The molecule has 54 valence electrons. The highest BCUT2D eigenvalue weighted by molar-refractivity contribution is 9.08. The Morgan fingerprint density at radius 3 is 1.11 bits per heavy atom. The Morgan fingerprint density at radius 2 is 0.889 bits per heavy atom. The molecule has 1 fully saturated rings. The zero-order chi connectivity index (χ0) is 6.85. The molecule has 0 aromatic heterocycles. The van der Waals surface area contributed by atoms with Crippen molar-refractivity contribution in [3.05, 3.63) is 0 Å². The first-order chi connectivity index (χ1) is 4.18. The summed E-state index contributed by atoms with van der Waals surface area (Å²) in [5, 5.41) is 0. The van der Waals surface area contributed by atoms with Crippen LogP contribution in [-0.2, 0) is 0 Å². The van der Waals surface area contributed by atoms with Gasteiger partial charge in [0.05, 0.1) is 20.0 Å². The molecule has 0 unspecified atom stereocenters. The number of halogens is 3. The fourth-order valence-corrected chi connectivity index (χ4v) is 3.16. The standard InChI is InChI=1S/C3H6Br3N3/c4-7-1-8(5)3-9(6)2-7/h1-3H2. The van der Waals surface area contributed by atoms with Crippen LogP contribution in [0.5, 0.6) is 0 Å². The fourth-order valence-electron chi connectivity index (χ4n) is 0.634. The van der Waals surface area contributed by atoms with Crippen LogP contribution in [0.3, 0.4) is 0 Å². The summed E-state index contributed by atoms with van der Waals surface area (Å²) >= 11 is 10.1. The van der Waals surface area contributed by atoms with Crippen molar-refractivity contribution in [2.45, 2.75) is 0 Å². The van der Waals surface area contributed by atoms with E-state index < -0.39 is 0 Å². The van der Waals surface area contributed by atoms with Crippen LogP contribution in [0.4, 0.5) is 0 Å². The maximum Gasteiger partial charge on any atom is 0.0740 e. The second kappa shape index (κ2) is 3.64. The molecule has 0 aromatic carbocycles. The van der Waals surface area contributed by atoms with E-state index in [0.29, 0.717) is 0 Å². The van der Waals surface area contributed by atoms with Crippen molar-refractivity contribution in [2.24, 2.45) is 0 Å². The molecular weight excluding hydrogens is 318 g/mol. The van der Waals surface area contributed by atoms with Crippen molar-refractivity contribution in [1.82, 2.24) is 11.8 Å². The smallest absolute Gasteiger partial charge is 0.0740 e. The topological polar surface area (TPSA) is 9.72 Å². The largest absolute Gasteiger partial charge is 0.213 e. The lowest BCUT2D eigenvalue weighted by atomic mass is 10.8. The summed E-state index contributed by atoms with van der Waals surface area (Å²) in [5.74, 6) is 0. The molecule has 0 atom stereocenters. The molecule has 0 aromatic rings. The highest BCUT2D eigenvalue weighted by Gasteiger charge is 2.17. The van der Waals surface area contributed by atoms with Crippen molar-refractivity contribution < 1.29 is 0 Å². The lowest BCUT2D eigenvalue weighted by Crippen LogP contribution is -2.42. The predicted octanol–water partition coefficient (Wildman–Crippen LogP) is 1.71. The minimum atomic E-state index is 0.891. The Kier molecular flexibility index (Phi) is 3.40. The molecule has 6 heteroatoms. The number of nitrogens with zero attached hydrogens (tertiary/aromatic N) is 3. The molecule has 0 aliphatic carbocycles. The Labute approximate surface area is 80.0 Å².